The van der Waals surface area contributed by atoms with Gasteiger partial charge in [0.1, 0.15) is 5.56 Å². The van der Waals surface area contributed by atoms with E-state index < -0.39 is 11.5 Å². The molecule has 0 saturated carbocycles. The summed E-state index contributed by atoms with van der Waals surface area (Å²) in [6.45, 7) is 7.42. The molecule has 1 aromatic heterocycles. The largest absolute Gasteiger partial charge is 0.465 e. The van der Waals surface area contributed by atoms with Crippen LogP contribution in [0, 0.1) is 27.7 Å². The van der Waals surface area contributed by atoms with E-state index in [-0.39, 0.29) is 17.9 Å². The molecule has 5 heteroatoms. The van der Waals surface area contributed by atoms with Gasteiger partial charge in [-0.05, 0) is 62.6 Å². The molecule has 2 rings (SSSR count). The van der Waals surface area contributed by atoms with Gasteiger partial charge in [-0.15, -0.1) is 0 Å². The number of carbonyl (C=O) groups excluding carboxylic acids is 2. The molecule has 0 spiro atoms. The molecule has 126 valence electrons. The van der Waals surface area contributed by atoms with E-state index in [2.05, 4.69) is 4.74 Å². The number of methoxy groups -OCH3 is 1. The maximum atomic E-state index is 12.7. The van der Waals surface area contributed by atoms with Crippen molar-refractivity contribution in [1.29, 1.82) is 0 Å². The molecule has 0 aliphatic rings. The maximum Gasteiger partial charge on any atom is 0.343 e. The number of nitrogens with zero attached hydrogens (tertiary/aromatic N) is 1. The van der Waals surface area contributed by atoms with E-state index in [1.807, 2.05) is 32.9 Å². The third kappa shape index (κ3) is 3.30. The van der Waals surface area contributed by atoms with E-state index in [1.165, 1.54) is 17.7 Å². The summed E-state index contributed by atoms with van der Waals surface area (Å²) in [4.78, 5) is 36.8. The number of ketones is 1. The minimum atomic E-state index is -0.705. The van der Waals surface area contributed by atoms with Crippen LogP contribution >= 0.6 is 0 Å². The van der Waals surface area contributed by atoms with Gasteiger partial charge in [-0.3, -0.25) is 9.59 Å². The fraction of sp³-hybridized carbons (Fsp3) is 0.316. The summed E-state index contributed by atoms with van der Waals surface area (Å²) in [5.41, 5.74) is 3.62. The Morgan fingerprint density at radius 3 is 2.21 bits per heavy atom. The summed E-state index contributed by atoms with van der Waals surface area (Å²) in [6.07, 6.45) is 0. The quantitative estimate of drug-likeness (QED) is 0.640. The number of esters is 1. The number of aryl methyl sites for hydroxylation is 4. The third-order valence-electron chi connectivity index (χ3n) is 4.24. The van der Waals surface area contributed by atoms with Crippen molar-refractivity contribution in [3.05, 3.63) is 68.1 Å². The number of pyridine rings is 1. The van der Waals surface area contributed by atoms with Gasteiger partial charge in [0.25, 0.3) is 5.56 Å². The van der Waals surface area contributed by atoms with Gasteiger partial charge in [0, 0.05) is 11.3 Å². The van der Waals surface area contributed by atoms with Crippen LogP contribution in [0.4, 0.5) is 0 Å². The number of Topliss-reactive ketones (excluding diaryl/α,β-unsaturated/α-hetero) is 1. The second-order valence-electron chi connectivity index (χ2n) is 5.95. The summed E-state index contributed by atoms with van der Waals surface area (Å²) in [5.74, 6) is -0.869. The van der Waals surface area contributed by atoms with Crippen LogP contribution in [0.15, 0.2) is 29.1 Å². The molecule has 0 unspecified atom stereocenters. The number of rotatable bonds is 4. The molecular formula is C19H21NO4. The predicted octanol–water partition coefficient (Wildman–Crippen LogP) is 2.75. The normalized spacial score (nSPS) is 10.5. The second-order valence-corrected chi connectivity index (χ2v) is 5.95. The molecule has 2 aromatic rings. The molecule has 1 aromatic carbocycles. The predicted molar refractivity (Wildman–Crippen MR) is 91.8 cm³/mol. The first-order valence-electron chi connectivity index (χ1n) is 7.66. The van der Waals surface area contributed by atoms with E-state index in [1.54, 1.807) is 13.0 Å². The maximum absolute atomic E-state index is 12.7. The summed E-state index contributed by atoms with van der Waals surface area (Å²) in [6, 6.07) is 6.86. The molecule has 0 saturated heterocycles. The van der Waals surface area contributed by atoms with Crippen molar-refractivity contribution >= 4 is 11.8 Å². The van der Waals surface area contributed by atoms with Crippen molar-refractivity contribution in [2.75, 3.05) is 7.11 Å². The number of hydrogen-bond acceptors (Lipinski definition) is 4. The van der Waals surface area contributed by atoms with Crippen molar-refractivity contribution in [2.45, 2.75) is 34.2 Å². The van der Waals surface area contributed by atoms with Crippen LogP contribution in [0.5, 0.6) is 0 Å². The first kappa shape index (κ1) is 17.7. The average Bonchev–Trinajstić information content (AvgIpc) is 2.54. The molecule has 0 aliphatic carbocycles. The summed E-state index contributed by atoms with van der Waals surface area (Å²) < 4.78 is 5.92. The molecular weight excluding hydrogens is 306 g/mol. The first-order chi connectivity index (χ1) is 11.3. The SMILES string of the molecule is COC(=O)c1ccc(C)n(CC(=O)c2cc(C)c(C)cc2C)c1=O. The summed E-state index contributed by atoms with van der Waals surface area (Å²) >= 11 is 0. The smallest absolute Gasteiger partial charge is 0.343 e. The molecule has 0 aliphatic heterocycles. The Kier molecular flexibility index (Phi) is 5.02. The lowest BCUT2D eigenvalue weighted by Crippen LogP contribution is -2.31. The monoisotopic (exact) mass is 327 g/mol. The fourth-order valence-corrected chi connectivity index (χ4v) is 2.62. The number of carbonyl (C=O) groups is 2. The molecule has 1 heterocycles. The number of ether oxygens (including phenoxy) is 1. The molecule has 0 amide bonds. The molecule has 0 radical (unpaired) electrons. The number of aromatic nitrogens is 1. The van der Waals surface area contributed by atoms with Crippen LogP contribution in [-0.4, -0.2) is 23.4 Å². The van der Waals surface area contributed by atoms with Gasteiger partial charge in [-0.2, -0.15) is 0 Å². The molecule has 0 fully saturated rings. The van der Waals surface area contributed by atoms with Gasteiger partial charge in [-0.1, -0.05) is 6.07 Å². The second kappa shape index (κ2) is 6.83. The van der Waals surface area contributed by atoms with Gasteiger partial charge in [0.2, 0.25) is 0 Å². The van der Waals surface area contributed by atoms with Crippen LogP contribution in [0.1, 0.15) is 43.1 Å². The molecule has 5 nitrogen and oxygen atoms in total. The highest BCUT2D eigenvalue weighted by atomic mass is 16.5. The van der Waals surface area contributed by atoms with Crippen LogP contribution in [0.25, 0.3) is 0 Å². The van der Waals surface area contributed by atoms with Gasteiger partial charge < -0.3 is 9.30 Å². The lowest BCUT2D eigenvalue weighted by Gasteiger charge is -2.13. The Labute approximate surface area is 140 Å². The van der Waals surface area contributed by atoms with Gasteiger partial charge in [0.05, 0.1) is 13.7 Å². The first-order valence-corrected chi connectivity index (χ1v) is 7.66. The van der Waals surface area contributed by atoms with E-state index in [0.29, 0.717) is 11.3 Å². The van der Waals surface area contributed by atoms with Gasteiger partial charge in [-0.25, -0.2) is 4.79 Å². The Morgan fingerprint density at radius 2 is 1.58 bits per heavy atom. The average molecular weight is 327 g/mol. The Balaban J connectivity index is 2.45. The van der Waals surface area contributed by atoms with Crippen molar-refractivity contribution < 1.29 is 14.3 Å². The number of hydrogen-bond donors (Lipinski definition) is 0. The van der Waals surface area contributed by atoms with E-state index >= 15 is 0 Å². The minimum Gasteiger partial charge on any atom is -0.465 e. The van der Waals surface area contributed by atoms with E-state index in [4.69, 9.17) is 0 Å². The van der Waals surface area contributed by atoms with Crippen molar-refractivity contribution in [1.82, 2.24) is 4.57 Å². The van der Waals surface area contributed by atoms with Crippen molar-refractivity contribution in [2.24, 2.45) is 0 Å². The van der Waals surface area contributed by atoms with E-state index in [9.17, 15) is 14.4 Å². The van der Waals surface area contributed by atoms with Crippen molar-refractivity contribution in [3.8, 4) is 0 Å². The van der Waals surface area contributed by atoms with E-state index in [0.717, 1.165) is 16.7 Å². The topological polar surface area (TPSA) is 65.4 Å². The third-order valence-corrected chi connectivity index (χ3v) is 4.24. The molecule has 24 heavy (non-hydrogen) atoms. The van der Waals surface area contributed by atoms with Crippen LogP contribution in [-0.2, 0) is 11.3 Å². The number of benzene rings is 1. The Morgan fingerprint density at radius 1 is 0.958 bits per heavy atom. The van der Waals surface area contributed by atoms with Crippen LogP contribution in [0.3, 0.4) is 0 Å². The molecule has 0 N–H and O–H groups in total. The molecule has 0 atom stereocenters. The zero-order valence-corrected chi connectivity index (χ0v) is 14.6. The highest BCUT2D eigenvalue weighted by molar-refractivity contribution is 5.97. The zero-order chi connectivity index (χ0) is 18.0. The highest BCUT2D eigenvalue weighted by Gasteiger charge is 2.17. The zero-order valence-electron chi connectivity index (χ0n) is 14.6. The summed E-state index contributed by atoms with van der Waals surface area (Å²) in [7, 11) is 1.22. The standard InChI is InChI=1S/C19H21NO4/c1-11-8-13(3)16(9-12(11)2)17(21)10-20-14(4)6-7-15(18(20)22)19(23)24-5/h6-9H,10H2,1-5H3. The minimum absolute atomic E-state index is 0.0762. The lowest BCUT2D eigenvalue weighted by atomic mass is 9.98. The molecule has 0 bridgehead atoms. The summed E-state index contributed by atoms with van der Waals surface area (Å²) in [5, 5.41) is 0. The van der Waals surface area contributed by atoms with Gasteiger partial charge >= 0.3 is 5.97 Å². The Hall–Kier alpha value is -2.69. The van der Waals surface area contributed by atoms with Crippen LogP contribution < -0.4 is 5.56 Å². The fourth-order valence-electron chi connectivity index (χ4n) is 2.62. The van der Waals surface area contributed by atoms with Gasteiger partial charge in [0.15, 0.2) is 5.78 Å². The van der Waals surface area contributed by atoms with Crippen LogP contribution in [0.2, 0.25) is 0 Å². The van der Waals surface area contributed by atoms with Crippen molar-refractivity contribution in [3.63, 3.8) is 0 Å². The highest BCUT2D eigenvalue weighted by Crippen LogP contribution is 2.16. The lowest BCUT2D eigenvalue weighted by molar-refractivity contribution is 0.0597. The Bertz CT molecular complexity index is 878.